The van der Waals surface area contributed by atoms with Crippen LogP contribution < -0.4 is 0 Å². The highest BCUT2D eigenvalue weighted by atomic mass is 16.3. The van der Waals surface area contributed by atoms with Crippen molar-refractivity contribution in [1.29, 1.82) is 0 Å². The average molecular weight is 254 g/mol. The van der Waals surface area contributed by atoms with E-state index >= 15 is 0 Å². The van der Waals surface area contributed by atoms with E-state index in [2.05, 4.69) is 0 Å². The molecule has 19 heavy (non-hydrogen) atoms. The molecule has 2 nitrogen and oxygen atoms in total. The van der Waals surface area contributed by atoms with E-state index in [1.54, 1.807) is 12.1 Å². The molecule has 0 amide bonds. The highest BCUT2D eigenvalue weighted by Crippen LogP contribution is 2.35. The molecule has 0 bridgehead atoms. The largest absolute Gasteiger partial charge is 0.507 e. The molecule has 0 atom stereocenters. The van der Waals surface area contributed by atoms with E-state index in [1.165, 1.54) is 0 Å². The van der Waals surface area contributed by atoms with Crippen molar-refractivity contribution in [2.24, 2.45) is 0 Å². The van der Waals surface area contributed by atoms with Gasteiger partial charge in [-0.1, -0.05) is 56.3 Å². The van der Waals surface area contributed by atoms with Gasteiger partial charge in [0.15, 0.2) is 0 Å². The Morgan fingerprint density at radius 3 is 1.89 bits per heavy atom. The first-order valence-corrected chi connectivity index (χ1v) is 6.37. The van der Waals surface area contributed by atoms with Crippen LogP contribution in [0.4, 0.5) is 0 Å². The van der Waals surface area contributed by atoms with Crippen LogP contribution in [0, 0.1) is 0 Å². The molecule has 0 aliphatic heterocycles. The van der Waals surface area contributed by atoms with Crippen molar-refractivity contribution in [1.82, 2.24) is 0 Å². The van der Waals surface area contributed by atoms with Crippen molar-refractivity contribution in [3.8, 4) is 11.5 Å². The molecule has 0 aliphatic carbocycles. The van der Waals surface area contributed by atoms with Gasteiger partial charge in [-0.15, -0.1) is 0 Å². The van der Waals surface area contributed by atoms with E-state index in [1.807, 2.05) is 56.3 Å². The summed E-state index contributed by atoms with van der Waals surface area (Å²) in [6.45, 7) is 3.88. The van der Waals surface area contributed by atoms with Gasteiger partial charge < -0.3 is 10.2 Å². The van der Waals surface area contributed by atoms with Crippen molar-refractivity contribution in [2.75, 3.05) is 0 Å². The van der Waals surface area contributed by atoms with Gasteiger partial charge in [-0.3, -0.25) is 0 Å². The van der Waals surface area contributed by atoms with Gasteiger partial charge in [0.1, 0.15) is 11.5 Å². The Morgan fingerprint density at radius 1 is 0.842 bits per heavy atom. The molecule has 98 valence electrons. The van der Waals surface area contributed by atoms with Crippen LogP contribution in [0.3, 0.4) is 0 Å². The fraction of sp³-hybridized carbons (Fsp3) is 0.176. The highest BCUT2D eigenvalue weighted by molar-refractivity contribution is 5.71. The molecule has 2 N–H and O–H groups in total. The number of benzene rings is 2. The van der Waals surface area contributed by atoms with Crippen molar-refractivity contribution >= 4 is 12.2 Å². The highest BCUT2D eigenvalue weighted by Gasteiger charge is 2.12. The minimum absolute atomic E-state index is 0.0900. The molecule has 2 aromatic rings. The van der Waals surface area contributed by atoms with Crippen LogP contribution in [-0.2, 0) is 0 Å². The molecular formula is C17H18O2. The zero-order valence-corrected chi connectivity index (χ0v) is 11.2. The number of rotatable bonds is 3. The fourth-order valence-corrected chi connectivity index (χ4v) is 2.09. The van der Waals surface area contributed by atoms with Crippen LogP contribution in [0.2, 0.25) is 0 Å². The average Bonchev–Trinajstić information content (AvgIpc) is 2.36. The summed E-state index contributed by atoms with van der Waals surface area (Å²) in [6.07, 6.45) is 3.82. The molecule has 0 radical (unpaired) electrons. The topological polar surface area (TPSA) is 40.5 Å². The minimum atomic E-state index is 0.0900. The Kier molecular flexibility index (Phi) is 3.91. The summed E-state index contributed by atoms with van der Waals surface area (Å²) in [5, 5.41) is 19.9. The third-order valence-corrected chi connectivity index (χ3v) is 3.00. The predicted molar refractivity (Wildman–Crippen MR) is 79.2 cm³/mol. The molecule has 0 saturated carbocycles. The maximum Gasteiger partial charge on any atom is 0.123 e. The van der Waals surface area contributed by atoms with Crippen LogP contribution in [-0.4, -0.2) is 10.2 Å². The maximum atomic E-state index is 9.95. The van der Waals surface area contributed by atoms with Gasteiger partial charge in [-0.25, -0.2) is 0 Å². The van der Waals surface area contributed by atoms with E-state index < -0.39 is 0 Å². The van der Waals surface area contributed by atoms with E-state index in [0.717, 1.165) is 11.1 Å². The zero-order chi connectivity index (χ0) is 13.8. The predicted octanol–water partition coefficient (Wildman–Crippen LogP) is 4.39. The van der Waals surface area contributed by atoms with Gasteiger partial charge in [-0.05, 0) is 29.2 Å². The molecule has 2 rings (SSSR count). The monoisotopic (exact) mass is 254 g/mol. The normalized spacial score (nSPS) is 11.3. The second kappa shape index (κ2) is 5.61. The first-order chi connectivity index (χ1) is 9.08. The Bertz CT molecular complexity index is 560. The second-order valence-corrected chi connectivity index (χ2v) is 4.87. The van der Waals surface area contributed by atoms with Gasteiger partial charge in [-0.2, -0.15) is 0 Å². The van der Waals surface area contributed by atoms with Crippen LogP contribution in [0.15, 0.2) is 42.5 Å². The first-order valence-electron chi connectivity index (χ1n) is 6.37. The zero-order valence-electron chi connectivity index (χ0n) is 11.2. The molecule has 0 heterocycles. The SMILES string of the molecule is CC(C)c1c(O)cc(/C=C/c2ccccc2)cc1O. The number of aromatic hydroxyl groups is 2. The first kappa shape index (κ1) is 13.2. The van der Waals surface area contributed by atoms with Crippen LogP contribution >= 0.6 is 0 Å². The van der Waals surface area contributed by atoms with Crippen LogP contribution in [0.1, 0.15) is 36.5 Å². The number of phenolic OH excluding ortho intramolecular Hbond substituents is 2. The summed E-state index contributed by atoms with van der Waals surface area (Å²) < 4.78 is 0. The molecule has 0 fully saturated rings. The van der Waals surface area contributed by atoms with Crippen molar-refractivity contribution in [3.05, 3.63) is 59.2 Å². The Hall–Kier alpha value is -2.22. The summed E-state index contributed by atoms with van der Waals surface area (Å²) in [5.41, 5.74) is 2.45. The van der Waals surface area contributed by atoms with Gasteiger partial charge in [0.2, 0.25) is 0 Å². The van der Waals surface area contributed by atoms with Crippen molar-refractivity contribution in [3.63, 3.8) is 0 Å². The molecule has 2 aromatic carbocycles. The third-order valence-electron chi connectivity index (χ3n) is 3.00. The van der Waals surface area contributed by atoms with E-state index in [-0.39, 0.29) is 17.4 Å². The quantitative estimate of drug-likeness (QED) is 0.797. The smallest absolute Gasteiger partial charge is 0.123 e. The van der Waals surface area contributed by atoms with E-state index in [4.69, 9.17) is 0 Å². The molecule has 0 aliphatic rings. The lowest BCUT2D eigenvalue weighted by Gasteiger charge is -2.11. The van der Waals surface area contributed by atoms with Gasteiger partial charge in [0.05, 0.1) is 0 Å². The summed E-state index contributed by atoms with van der Waals surface area (Å²) >= 11 is 0. The van der Waals surface area contributed by atoms with Crippen molar-refractivity contribution < 1.29 is 10.2 Å². The van der Waals surface area contributed by atoms with Gasteiger partial charge in [0.25, 0.3) is 0 Å². The lowest BCUT2D eigenvalue weighted by atomic mass is 9.98. The molecule has 0 spiro atoms. The van der Waals surface area contributed by atoms with Gasteiger partial charge >= 0.3 is 0 Å². The molecule has 0 saturated heterocycles. The standard InChI is InChI=1S/C17H18O2/c1-12(2)17-15(18)10-14(11-16(17)19)9-8-13-6-4-3-5-7-13/h3-12,18-19H,1-2H3/b9-8+. The molecular weight excluding hydrogens is 236 g/mol. The lowest BCUT2D eigenvalue weighted by molar-refractivity contribution is 0.433. The van der Waals surface area contributed by atoms with Crippen molar-refractivity contribution in [2.45, 2.75) is 19.8 Å². The fourth-order valence-electron chi connectivity index (χ4n) is 2.09. The Balaban J connectivity index is 2.30. The van der Waals surface area contributed by atoms with Gasteiger partial charge in [0, 0.05) is 5.56 Å². The number of hydrogen-bond acceptors (Lipinski definition) is 2. The lowest BCUT2D eigenvalue weighted by Crippen LogP contribution is -1.90. The Labute approximate surface area is 113 Å². The van der Waals surface area contributed by atoms with Crippen LogP contribution in [0.25, 0.3) is 12.2 Å². The molecule has 0 unspecified atom stereocenters. The van der Waals surface area contributed by atoms with E-state index in [0.29, 0.717) is 5.56 Å². The Morgan fingerprint density at radius 2 is 1.37 bits per heavy atom. The molecule has 2 heteroatoms. The number of hydrogen-bond donors (Lipinski definition) is 2. The molecule has 0 aromatic heterocycles. The summed E-state index contributed by atoms with van der Waals surface area (Å²) in [7, 11) is 0. The summed E-state index contributed by atoms with van der Waals surface area (Å²) in [5.74, 6) is 0.373. The summed E-state index contributed by atoms with van der Waals surface area (Å²) in [4.78, 5) is 0. The maximum absolute atomic E-state index is 9.95. The second-order valence-electron chi connectivity index (χ2n) is 4.87. The van der Waals surface area contributed by atoms with E-state index in [9.17, 15) is 10.2 Å². The third kappa shape index (κ3) is 3.16. The van der Waals surface area contributed by atoms with Crippen LogP contribution in [0.5, 0.6) is 11.5 Å². The minimum Gasteiger partial charge on any atom is -0.507 e. The number of phenols is 2. The summed E-state index contributed by atoms with van der Waals surface area (Å²) in [6, 6.07) is 13.2.